The number of nitrogens with zero attached hydrogens (tertiary/aromatic N) is 5. The number of fused-ring (bicyclic) bond motifs is 1. The Balaban J connectivity index is 1.31. The summed E-state index contributed by atoms with van der Waals surface area (Å²) in [6.45, 7) is 3.72. The predicted molar refractivity (Wildman–Crippen MR) is 107 cm³/mol. The molecule has 1 unspecified atom stereocenters. The van der Waals surface area contributed by atoms with Crippen LogP contribution in [0.5, 0.6) is 0 Å². The Bertz CT molecular complexity index is 1010. The highest BCUT2D eigenvalue weighted by atomic mass is 16.1. The third-order valence-electron chi connectivity index (χ3n) is 5.61. The molecule has 7 nitrogen and oxygen atoms in total. The molecule has 2 fully saturated rings. The Morgan fingerprint density at radius 1 is 1.07 bits per heavy atom. The van der Waals surface area contributed by atoms with Crippen LogP contribution in [0.1, 0.15) is 53.3 Å². The van der Waals surface area contributed by atoms with Gasteiger partial charge in [0.15, 0.2) is 11.5 Å². The van der Waals surface area contributed by atoms with E-state index in [9.17, 15) is 4.79 Å². The fourth-order valence-corrected chi connectivity index (χ4v) is 3.84. The van der Waals surface area contributed by atoms with Crippen molar-refractivity contribution in [3.63, 3.8) is 0 Å². The fraction of sp³-hybridized carbons (Fsp3) is 0.429. The van der Waals surface area contributed by atoms with E-state index in [0.29, 0.717) is 11.5 Å². The van der Waals surface area contributed by atoms with Crippen LogP contribution in [0.15, 0.2) is 36.4 Å². The molecule has 2 aliphatic rings. The van der Waals surface area contributed by atoms with Crippen LogP contribution in [-0.2, 0) is 0 Å². The van der Waals surface area contributed by atoms with E-state index in [1.54, 1.807) is 0 Å². The molecule has 3 heterocycles. The van der Waals surface area contributed by atoms with Crippen molar-refractivity contribution in [2.75, 3.05) is 18.0 Å². The van der Waals surface area contributed by atoms with E-state index in [1.165, 1.54) is 12.8 Å². The van der Waals surface area contributed by atoms with Crippen molar-refractivity contribution < 1.29 is 4.79 Å². The van der Waals surface area contributed by atoms with E-state index in [-0.39, 0.29) is 11.9 Å². The number of piperidine rings is 1. The standard InChI is InChI=1S/C21H24N6O/c1-14-4-6-16(7-5-14)21(28)22-17-3-2-12-26(13-17)19-11-10-18-23-24-20(15-8-9-15)27(18)25-19/h4-7,10-11,15,17H,2-3,8-9,12-13H2,1H3,(H,22,28). The minimum Gasteiger partial charge on any atom is -0.353 e. The molecular formula is C21H24N6O. The van der Waals surface area contributed by atoms with Gasteiger partial charge in [-0.15, -0.1) is 15.3 Å². The van der Waals surface area contributed by atoms with Crippen molar-refractivity contribution in [3.05, 3.63) is 53.3 Å². The molecule has 3 aromatic rings. The van der Waals surface area contributed by atoms with Crippen molar-refractivity contribution in [1.29, 1.82) is 0 Å². The molecule has 5 rings (SSSR count). The van der Waals surface area contributed by atoms with E-state index in [1.807, 2.05) is 47.8 Å². The monoisotopic (exact) mass is 376 g/mol. The second-order valence-electron chi connectivity index (χ2n) is 7.92. The highest BCUT2D eigenvalue weighted by Gasteiger charge is 2.30. The summed E-state index contributed by atoms with van der Waals surface area (Å²) < 4.78 is 1.89. The molecule has 1 aliphatic carbocycles. The molecular weight excluding hydrogens is 352 g/mol. The first-order chi connectivity index (χ1) is 13.7. The lowest BCUT2D eigenvalue weighted by Crippen LogP contribution is -2.48. The average molecular weight is 376 g/mol. The van der Waals surface area contributed by atoms with Crippen LogP contribution in [0, 0.1) is 6.92 Å². The van der Waals surface area contributed by atoms with Crippen molar-refractivity contribution in [1.82, 2.24) is 25.1 Å². The minimum absolute atomic E-state index is 0.00918. The van der Waals surface area contributed by atoms with Crippen molar-refractivity contribution in [2.24, 2.45) is 0 Å². The lowest BCUT2D eigenvalue weighted by molar-refractivity contribution is 0.0933. The van der Waals surface area contributed by atoms with E-state index in [2.05, 4.69) is 20.4 Å². The van der Waals surface area contributed by atoms with Crippen LogP contribution >= 0.6 is 0 Å². The van der Waals surface area contributed by atoms with Gasteiger partial charge in [-0.25, -0.2) is 0 Å². The second-order valence-corrected chi connectivity index (χ2v) is 7.92. The van der Waals surface area contributed by atoms with E-state index in [4.69, 9.17) is 5.10 Å². The summed E-state index contributed by atoms with van der Waals surface area (Å²) in [5, 5.41) is 16.5. The number of anilines is 1. The van der Waals surface area contributed by atoms with Crippen molar-refractivity contribution in [3.8, 4) is 0 Å². The summed E-state index contributed by atoms with van der Waals surface area (Å²) in [5.74, 6) is 2.38. The van der Waals surface area contributed by atoms with Gasteiger partial charge in [-0.1, -0.05) is 17.7 Å². The van der Waals surface area contributed by atoms with Gasteiger partial charge in [0.2, 0.25) is 0 Å². The second kappa shape index (κ2) is 6.89. The summed E-state index contributed by atoms with van der Waals surface area (Å²) >= 11 is 0. The van der Waals surface area contributed by atoms with Gasteiger partial charge in [-0.2, -0.15) is 4.52 Å². The molecule has 1 aromatic carbocycles. The normalized spacial score (nSPS) is 19.8. The Morgan fingerprint density at radius 3 is 2.68 bits per heavy atom. The molecule has 7 heteroatoms. The van der Waals surface area contributed by atoms with Crippen LogP contribution in [-0.4, -0.2) is 44.8 Å². The average Bonchev–Trinajstić information content (AvgIpc) is 3.47. The third-order valence-corrected chi connectivity index (χ3v) is 5.61. The maximum absolute atomic E-state index is 12.6. The van der Waals surface area contributed by atoms with Gasteiger partial charge in [0, 0.05) is 30.6 Å². The summed E-state index contributed by atoms with van der Waals surface area (Å²) in [6.07, 6.45) is 4.35. The van der Waals surface area contributed by atoms with Gasteiger partial charge >= 0.3 is 0 Å². The summed E-state index contributed by atoms with van der Waals surface area (Å²) in [4.78, 5) is 14.8. The lowest BCUT2D eigenvalue weighted by atomic mass is 10.0. The van der Waals surface area contributed by atoms with Crippen LogP contribution < -0.4 is 10.2 Å². The van der Waals surface area contributed by atoms with E-state index in [0.717, 1.165) is 48.8 Å². The molecule has 28 heavy (non-hydrogen) atoms. The van der Waals surface area contributed by atoms with E-state index < -0.39 is 0 Å². The molecule has 2 aromatic heterocycles. The molecule has 0 bridgehead atoms. The summed E-state index contributed by atoms with van der Waals surface area (Å²) in [6, 6.07) is 11.8. The number of aryl methyl sites for hydroxylation is 1. The Kier molecular flexibility index (Phi) is 4.22. The number of carbonyl (C=O) groups is 1. The number of nitrogens with one attached hydrogen (secondary N) is 1. The first kappa shape index (κ1) is 17.2. The quantitative estimate of drug-likeness (QED) is 0.758. The summed E-state index contributed by atoms with van der Waals surface area (Å²) in [5.41, 5.74) is 2.66. The Morgan fingerprint density at radius 2 is 1.89 bits per heavy atom. The molecule has 1 N–H and O–H groups in total. The van der Waals surface area contributed by atoms with Gasteiger partial charge in [0.25, 0.3) is 5.91 Å². The number of rotatable bonds is 4. The molecule has 1 amide bonds. The van der Waals surface area contributed by atoms with Crippen molar-refractivity contribution >= 4 is 17.4 Å². The molecule has 0 spiro atoms. The van der Waals surface area contributed by atoms with Gasteiger partial charge in [-0.3, -0.25) is 4.79 Å². The zero-order chi connectivity index (χ0) is 19.1. The number of hydrogen-bond acceptors (Lipinski definition) is 5. The fourth-order valence-electron chi connectivity index (χ4n) is 3.84. The van der Waals surface area contributed by atoms with Crippen molar-refractivity contribution in [2.45, 2.75) is 44.6 Å². The number of hydrogen-bond donors (Lipinski definition) is 1. The van der Waals surface area contributed by atoms with E-state index >= 15 is 0 Å². The van der Waals surface area contributed by atoms with Gasteiger partial charge < -0.3 is 10.2 Å². The van der Waals surface area contributed by atoms with Gasteiger partial charge in [0.05, 0.1) is 0 Å². The summed E-state index contributed by atoms with van der Waals surface area (Å²) in [7, 11) is 0. The molecule has 144 valence electrons. The number of benzene rings is 1. The van der Waals surface area contributed by atoms with Crippen LogP contribution in [0.25, 0.3) is 5.65 Å². The molecule has 1 saturated carbocycles. The largest absolute Gasteiger partial charge is 0.353 e. The maximum atomic E-state index is 12.6. The van der Waals surface area contributed by atoms with Crippen LogP contribution in [0.3, 0.4) is 0 Å². The zero-order valence-corrected chi connectivity index (χ0v) is 16.0. The maximum Gasteiger partial charge on any atom is 0.251 e. The number of amides is 1. The highest BCUT2D eigenvalue weighted by Crippen LogP contribution is 2.38. The SMILES string of the molecule is Cc1ccc(C(=O)NC2CCCN(c3ccc4nnc(C5CC5)n4n3)C2)cc1. The highest BCUT2D eigenvalue weighted by molar-refractivity contribution is 5.94. The van der Waals surface area contributed by atoms with Gasteiger partial charge in [-0.05, 0) is 56.9 Å². The molecule has 1 atom stereocenters. The third kappa shape index (κ3) is 3.32. The zero-order valence-electron chi connectivity index (χ0n) is 16.0. The lowest BCUT2D eigenvalue weighted by Gasteiger charge is -2.33. The Labute approximate surface area is 163 Å². The Hall–Kier alpha value is -2.96. The minimum atomic E-state index is -0.00918. The first-order valence-electron chi connectivity index (χ1n) is 10.0. The smallest absolute Gasteiger partial charge is 0.251 e. The van der Waals surface area contributed by atoms with Gasteiger partial charge in [0.1, 0.15) is 5.82 Å². The molecule has 1 saturated heterocycles. The first-order valence-corrected chi connectivity index (χ1v) is 10.0. The van der Waals surface area contributed by atoms with Crippen LogP contribution in [0.2, 0.25) is 0 Å². The van der Waals surface area contributed by atoms with Crippen LogP contribution in [0.4, 0.5) is 5.82 Å². The number of carbonyl (C=O) groups excluding carboxylic acids is 1. The topological polar surface area (TPSA) is 75.4 Å². The molecule has 1 aliphatic heterocycles. The molecule has 0 radical (unpaired) electrons. The predicted octanol–water partition coefficient (Wildman–Crippen LogP) is 2.71. The number of aromatic nitrogens is 4.